The highest BCUT2D eigenvalue weighted by Crippen LogP contribution is 2.29. The van der Waals surface area contributed by atoms with Crippen molar-refractivity contribution in [2.45, 2.75) is 31.6 Å². The number of carbonyl (C=O) groups is 2. The van der Waals surface area contributed by atoms with Crippen molar-refractivity contribution < 1.29 is 22.7 Å². The molecule has 7 nitrogen and oxygen atoms in total. The molecule has 0 radical (unpaired) electrons. The van der Waals surface area contributed by atoms with Crippen LogP contribution >= 0.6 is 0 Å². The van der Waals surface area contributed by atoms with Crippen LogP contribution in [0.15, 0.2) is 41.3 Å². The van der Waals surface area contributed by atoms with Gasteiger partial charge in [-0.05, 0) is 43.7 Å². The predicted molar refractivity (Wildman–Crippen MR) is 112 cm³/mol. The molecule has 0 atom stereocenters. The third kappa shape index (κ3) is 5.42. The van der Waals surface area contributed by atoms with Crippen LogP contribution in [0.5, 0.6) is 5.75 Å². The topological polar surface area (TPSA) is 92.8 Å². The minimum atomic E-state index is -3.75. The Morgan fingerprint density at radius 2 is 1.72 bits per heavy atom. The summed E-state index contributed by atoms with van der Waals surface area (Å²) in [6.45, 7) is 3.77. The highest BCUT2D eigenvalue weighted by molar-refractivity contribution is 7.89. The van der Waals surface area contributed by atoms with Gasteiger partial charge in [0.2, 0.25) is 15.9 Å². The Balaban J connectivity index is 2.11. The van der Waals surface area contributed by atoms with Gasteiger partial charge in [-0.3, -0.25) is 9.59 Å². The van der Waals surface area contributed by atoms with Gasteiger partial charge in [0.05, 0.1) is 7.11 Å². The molecule has 8 heteroatoms. The van der Waals surface area contributed by atoms with Crippen molar-refractivity contribution >= 4 is 27.4 Å². The number of hydrogen-bond acceptors (Lipinski definition) is 5. The number of methoxy groups -OCH3 is 1. The van der Waals surface area contributed by atoms with Gasteiger partial charge in [-0.1, -0.05) is 17.7 Å². The molecule has 2 rings (SSSR count). The van der Waals surface area contributed by atoms with Crippen molar-refractivity contribution in [3.63, 3.8) is 0 Å². The third-order valence-electron chi connectivity index (χ3n) is 4.48. The first-order valence-electron chi connectivity index (χ1n) is 9.07. The van der Waals surface area contributed by atoms with Gasteiger partial charge in [0, 0.05) is 38.2 Å². The lowest BCUT2D eigenvalue weighted by Gasteiger charge is -2.16. The van der Waals surface area contributed by atoms with E-state index in [4.69, 9.17) is 4.74 Å². The zero-order valence-electron chi connectivity index (χ0n) is 17.3. The number of aryl methyl sites for hydroxylation is 2. The molecular formula is C21H26N2O5S. The SMILES string of the molecule is COc1ccc(NC(=O)CCC(=O)c2cc(C)ccc2C)cc1S(=O)(=O)N(C)C. The average Bonchev–Trinajstić information content (AvgIpc) is 2.67. The average molecular weight is 419 g/mol. The van der Waals surface area contributed by atoms with Crippen LogP contribution < -0.4 is 10.1 Å². The first-order chi connectivity index (χ1) is 13.6. The van der Waals surface area contributed by atoms with Crippen molar-refractivity contribution in [2.75, 3.05) is 26.5 Å². The van der Waals surface area contributed by atoms with E-state index in [9.17, 15) is 18.0 Å². The fourth-order valence-electron chi connectivity index (χ4n) is 2.77. The Kier molecular flexibility index (Phi) is 7.16. The van der Waals surface area contributed by atoms with E-state index in [2.05, 4.69) is 5.32 Å². The first kappa shape index (κ1) is 22.6. The second-order valence-electron chi connectivity index (χ2n) is 6.94. The van der Waals surface area contributed by atoms with Crippen LogP contribution in [0.3, 0.4) is 0 Å². The quantitative estimate of drug-likeness (QED) is 0.665. The number of anilines is 1. The van der Waals surface area contributed by atoms with E-state index < -0.39 is 10.0 Å². The molecule has 2 aromatic rings. The fourth-order valence-corrected chi connectivity index (χ4v) is 3.85. The second-order valence-corrected chi connectivity index (χ2v) is 9.06. The molecule has 0 heterocycles. The molecule has 0 spiro atoms. The molecule has 1 amide bonds. The fraction of sp³-hybridized carbons (Fsp3) is 0.333. The molecule has 156 valence electrons. The van der Waals surface area contributed by atoms with Gasteiger partial charge in [0.25, 0.3) is 0 Å². The Morgan fingerprint density at radius 3 is 2.34 bits per heavy atom. The molecule has 0 aromatic heterocycles. The van der Waals surface area contributed by atoms with Crippen LogP contribution in [0, 0.1) is 13.8 Å². The normalized spacial score (nSPS) is 11.4. The number of nitrogens with one attached hydrogen (secondary N) is 1. The summed E-state index contributed by atoms with van der Waals surface area (Å²) in [4.78, 5) is 24.7. The van der Waals surface area contributed by atoms with E-state index in [1.54, 1.807) is 6.07 Å². The van der Waals surface area contributed by atoms with Crippen molar-refractivity contribution in [1.29, 1.82) is 0 Å². The van der Waals surface area contributed by atoms with E-state index in [0.717, 1.165) is 15.4 Å². The number of Topliss-reactive ketones (excluding diaryl/α,β-unsaturated/α-hetero) is 1. The minimum Gasteiger partial charge on any atom is -0.495 e. The number of ketones is 1. The van der Waals surface area contributed by atoms with Gasteiger partial charge in [-0.15, -0.1) is 0 Å². The standard InChI is InChI=1S/C21H26N2O5S/c1-14-6-7-15(2)17(12-14)18(24)9-11-21(25)22-16-8-10-19(28-5)20(13-16)29(26,27)23(3)4/h6-8,10,12-13H,9,11H2,1-5H3,(H,22,25). The van der Waals surface area contributed by atoms with Crippen molar-refractivity contribution in [3.8, 4) is 5.75 Å². The first-order valence-corrected chi connectivity index (χ1v) is 10.5. The highest BCUT2D eigenvalue weighted by atomic mass is 32.2. The number of sulfonamides is 1. The second kappa shape index (κ2) is 9.19. The van der Waals surface area contributed by atoms with Gasteiger partial charge in [-0.2, -0.15) is 0 Å². The summed E-state index contributed by atoms with van der Waals surface area (Å²) in [6.07, 6.45) is 0.0587. The van der Waals surface area contributed by atoms with Gasteiger partial charge in [0.15, 0.2) is 5.78 Å². The van der Waals surface area contributed by atoms with Crippen molar-refractivity contribution in [2.24, 2.45) is 0 Å². The van der Waals surface area contributed by atoms with Crippen LogP contribution in [0.2, 0.25) is 0 Å². The molecule has 2 aromatic carbocycles. The van der Waals surface area contributed by atoms with Crippen molar-refractivity contribution in [1.82, 2.24) is 4.31 Å². The predicted octanol–water partition coefficient (Wildman–Crippen LogP) is 3.16. The number of benzene rings is 2. The Bertz CT molecular complexity index is 1030. The summed E-state index contributed by atoms with van der Waals surface area (Å²) in [5, 5.41) is 2.65. The smallest absolute Gasteiger partial charge is 0.246 e. The van der Waals surface area contributed by atoms with Crippen LogP contribution in [0.25, 0.3) is 0 Å². The summed E-state index contributed by atoms with van der Waals surface area (Å²) in [5.41, 5.74) is 2.78. The molecule has 0 fully saturated rings. The Hall–Kier alpha value is -2.71. The largest absolute Gasteiger partial charge is 0.495 e. The molecule has 0 saturated carbocycles. The maximum absolute atomic E-state index is 12.5. The zero-order valence-corrected chi connectivity index (χ0v) is 18.1. The molecule has 0 aliphatic rings. The number of ether oxygens (including phenoxy) is 1. The lowest BCUT2D eigenvalue weighted by Crippen LogP contribution is -2.23. The Labute approximate surface area is 171 Å². The number of rotatable bonds is 8. The van der Waals surface area contributed by atoms with E-state index in [-0.39, 0.29) is 35.2 Å². The monoisotopic (exact) mass is 418 g/mol. The lowest BCUT2D eigenvalue weighted by molar-refractivity contribution is -0.116. The molecule has 0 aliphatic heterocycles. The van der Waals surface area contributed by atoms with Gasteiger partial charge in [-0.25, -0.2) is 12.7 Å². The zero-order chi connectivity index (χ0) is 21.8. The van der Waals surface area contributed by atoms with Crippen LogP contribution in [0.1, 0.15) is 34.3 Å². The summed E-state index contributed by atoms with van der Waals surface area (Å²) < 4.78 is 31.1. The molecule has 0 saturated heterocycles. The third-order valence-corrected chi connectivity index (χ3v) is 6.31. The summed E-state index contributed by atoms with van der Waals surface area (Å²) in [7, 11) is 0.462. The van der Waals surface area contributed by atoms with E-state index >= 15 is 0 Å². The molecule has 0 bridgehead atoms. The molecule has 0 aliphatic carbocycles. The summed E-state index contributed by atoms with van der Waals surface area (Å²) in [5.74, 6) is -0.296. The van der Waals surface area contributed by atoms with Crippen LogP contribution in [-0.4, -0.2) is 45.6 Å². The van der Waals surface area contributed by atoms with Crippen LogP contribution in [0.4, 0.5) is 5.69 Å². The van der Waals surface area contributed by atoms with E-state index in [0.29, 0.717) is 11.3 Å². The van der Waals surface area contributed by atoms with E-state index in [1.807, 2.05) is 32.0 Å². The molecule has 29 heavy (non-hydrogen) atoms. The molecule has 0 unspecified atom stereocenters. The lowest BCUT2D eigenvalue weighted by atomic mass is 9.99. The summed E-state index contributed by atoms with van der Waals surface area (Å²) in [6, 6.07) is 10.0. The van der Waals surface area contributed by atoms with Crippen molar-refractivity contribution in [3.05, 3.63) is 53.1 Å². The van der Waals surface area contributed by atoms with Gasteiger partial charge >= 0.3 is 0 Å². The maximum Gasteiger partial charge on any atom is 0.246 e. The molecular weight excluding hydrogens is 392 g/mol. The number of amides is 1. The maximum atomic E-state index is 12.5. The highest BCUT2D eigenvalue weighted by Gasteiger charge is 2.23. The Morgan fingerprint density at radius 1 is 1.03 bits per heavy atom. The van der Waals surface area contributed by atoms with Gasteiger partial charge < -0.3 is 10.1 Å². The number of hydrogen-bond donors (Lipinski definition) is 1. The van der Waals surface area contributed by atoms with Gasteiger partial charge in [0.1, 0.15) is 10.6 Å². The number of nitrogens with zero attached hydrogens (tertiary/aromatic N) is 1. The summed E-state index contributed by atoms with van der Waals surface area (Å²) >= 11 is 0. The van der Waals surface area contributed by atoms with Crippen LogP contribution in [-0.2, 0) is 14.8 Å². The van der Waals surface area contributed by atoms with E-state index in [1.165, 1.54) is 33.3 Å². The minimum absolute atomic E-state index is 0.00594. The number of carbonyl (C=O) groups excluding carboxylic acids is 2. The molecule has 1 N–H and O–H groups in total.